The Morgan fingerprint density at radius 1 is 1.11 bits per heavy atom. The van der Waals surface area contributed by atoms with Gasteiger partial charge in [-0.25, -0.2) is 10.3 Å². The number of carbonyl (C=O) groups is 2. The molecular formula is C14H11NO4. The molecule has 19 heavy (non-hydrogen) atoms. The topological polar surface area (TPSA) is 75.6 Å². The summed E-state index contributed by atoms with van der Waals surface area (Å²) in [6.45, 7) is 0. The lowest BCUT2D eigenvalue weighted by Gasteiger charge is -2.11. The van der Waals surface area contributed by atoms with Crippen LogP contribution in [0.2, 0.25) is 0 Å². The molecule has 5 nitrogen and oxygen atoms in total. The number of benzene rings is 2. The van der Waals surface area contributed by atoms with Gasteiger partial charge in [0.2, 0.25) is 0 Å². The highest BCUT2D eigenvalue weighted by Gasteiger charge is 2.09. The van der Waals surface area contributed by atoms with Gasteiger partial charge >= 0.3 is 5.97 Å². The van der Waals surface area contributed by atoms with Crippen LogP contribution >= 0.6 is 0 Å². The van der Waals surface area contributed by atoms with Crippen molar-refractivity contribution in [1.29, 1.82) is 0 Å². The number of hydrogen-bond donors (Lipinski definition) is 2. The van der Waals surface area contributed by atoms with Crippen molar-refractivity contribution in [2.75, 3.05) is 5.48 Å². The van der Waals surface area contributed by atoms with Gasteiger partial charge in [-0.15, -0.1) is 0 Å². The van der Waals surface area contributed by atoms with Crippen molar-refractivity contribution in [1.82, 2.24) is 0 Å². The quantitative estimate of drug-likeness (QED) is 0.636. The van der Waals surface area contributed by atoms with E-state index in [1.165, 1.54) is 6.07 Å². The molecule has 2 rings (SSSR count). The lowest BCUT2D eigenvalue weighted by atomic mass is 10.2. The number of para-hydroxylation sites is 2. The van der Waals surface area contributed by atoms with Gasteiger partial charge in [-0.05, 0) is 24.3 Å². The van der Waals surface area contributed by atoms with E-state index in [2.05, 4.69) is 5.48 Å². The van der Waals surface area contributed by atoms with Crippen LogP contribution in [0.25, 0.3) is 0 Å². The first kappa shape index (κ1) is 12.6. The Balaban J connectivity index is 2.19. The Morgan fingerprint density at radius 2 is 1.79 bits per heavy atom. The minimum Gasteiger partial charge on any atom is -0.478 e. The molecule has 2 N–H and O–H groups in total. The molecule has 0 atom stereocenters. The van der Waals surface area contributed by atoms with E-state index in [4.69, 9.17) is 9.94 Å². The van der Waals surface area contributed by atoms with E-state index in [0.29, 0.717) is 23.3 Å². The molecule has 96 valence electrons. The number of aromatic carboxylic acids is 1. The van der Waals surface area contributed by atoms with Crippen LogP contribution in [0.15, 0.2) is 48.5 Å². The Bertz CT molecular complexity index is 610. The van der Waals surface area contributed by atoms with Gasteiger partial charge in [0.15, 0.2) is 12.0 Å². The molecule has 0 radical (unpaired) electrons. The zero-order chi connectivity index (χ0) is 13.7. The van der Waals surface area contributed by atoms with E-state index < -0.39 is 5.97 Å². The summed E-state index contributed by atoms with van der Waals surface area (Å²) in [6.07, 6.45) is 0.667. The van der Waals surface area contributed by atoms with Crippen molar-refractivity contribution in [3.8, 4) is 5.75 Å². The average molecular weight is 257 g/mol. The lowest BCUT2D eigenvalue weighted by molar-refractivity contribution is 0.0697. The highest BCUT2D eigenvalue weighted by atomic mass is 16.6. The zero-order valence-corrected chi connectivity index (χ0v) is 9.87. The van der Waals surface area contributed by atoms with Crippen molar-refractivity contribution in [3.63, 3.8) is 0 Å². The molecule has 0 aliphatic rings. The molecule has 0 aliphatic heterocycles. The fraction of sp³-hybridized carbons (Fsp3) is 0. The number of carboxylic acid groups (broad SMARTS) is 1. The van der Waals surface area contributed by atoms with Gasteiger partial charge in [0.25, 0.3) is 0 Å². The van der Waals surface area contributed by atoms with E-state index >= 15 is 0 Å². The molecule has 5 heteroatoms. The molecule has 0 saturated carbocycles. The Kier molecular flexibility index (Phi) is 3.78. The zero-order valence-electron chi connectivity index (χ0n) is 9.87. The summed E-state index contributed by atoms with van der Waals surface area (Å²) in [5.74, 6) is -0.729. The van der Waals surface area contributed by atoms with Crippen LogP contribution in [-0.2, 0) is 0 Å². The number of aldehydes is 1. The van der Waals surface area contributed by atoms with E-state index in [0.717, 1.165) is 0 Å². The van der Waals surface area contributed by atoms with Crippen LogP contribution in [0.1, 0.15) is 20.7 Å². The summed E-state index contributed by atoms with van der Waals surface area (Å²) >= 11 is 0. The van der Waals surface area contributed by atoms with Crippen LogP contribution < -0.4 is 10.3 Å². The van der Waals surface area contributed by atoms with Gasteiger partial charge in [0.1, 0.15) is 0 Å². The third-order valence-electron chi connectivity index (χ3n) is 2.47. The smallest absolute Gasteiger partial charge is 0.337 e. The summed E-state index contributed by atoms with van der Waals surface area (Å²) in [6, 6.07) is 13.0. The largest absolute Gasteiger partial charge is 0.478 e. The second kappa shape index (κ2) is 5.68. The SMILES string of the molecule is O=Cc1ccccc1ONc1ccccc1C(=O)O. The third-order valence-corrected chi connectivity index (χ3v) is 2.47. The van der Waals surface area contributed by atoms with E-state index in [1.807, 2.05) is 0 Å². The van der Waals surface area contributed by atoms with Gasteiger partial charge < -0.3 is 9.94 Å². The highest BCUT2D eigenvalue weighted by Crippen LogP contribution is 2.19. The summed E-state index contributed by atoms with van der Waals surface area (Å²) in [5, 5.41) is 9.01. The standard InChI is InChI=1S/C14H11NO4/c16-9-10-5-1-4-8-13(10)19-15-12-7-3-2-6-11(12)14(17)18/h1-9,15H,(H,17,18). The minimum absolute atomic E-state index is 0.0890. The molecule has 0 heterocycles. The predicted molar refractivity (Wildman–Crippen MR) is 69.5 cm³/mol. The van der Waals surface area contributed by atoms with Crippen LogP contribution in [0.5, 0.6) is 5.75 Å². The fourth-order valence-corrected chi connectivity index (χ4v) is 1.54. The van der Waals surface area contributed by atoms with Crippen molar-refractivity contribution in [2.24, 2.45) is 0 Å². The number of carbonyl (C=O) groups excluding carboxylic acids is 1. The molecule has 2 aromatic rings. The Hall–Kier alpha value is -2.82. The van der Waals surface area contributed by atoms with E-state index in [1.54, 1.807) is 42.5 Å². The summed E-state index contributed by atoms with van der Waals surface area (Å²) < 4.78 is 0. The lowest BCUT2D eigenvalue weighted by Crippen LogP contribution is -2.10. The predicted octanol–water partition coefficient (Wildman–Crippen LogP) is 2.60. The number of anilines is 1. The second-order valence-electron chi connectivity index (χ2n) is 3.71. The number of hydrogen-bond acceptors (Lipinski definition) is 4. The first-order chi connectivity index (χ1) is 9.22. The fourth-order valence-electron chi connectivity index (χ4n) is 1.54. The number of rotatable bonds is 5. The van der Waals surface area contributed by atoms with Crippen LogP contribution in [0.4, 0.5) is 5.69 Å². The van der Waals surface area contributed by atoms with Gasteiger partial charge in [-0.2, -0.15) is 0 Å². The number of carboxylic acids is 1. The highest BCUT2D eigenvalue weighted by molar-refractivity contribution is 5.94. The second-order valence-corrected chi connectivity index (χ2v) is 3.71. The van der Waals surface area contributed by atoms with Crippen LogP contribution in [0.3, 0.4) is 0 Å². The first-order valence-corrected chi connectivity index (χ1v) is 5.52. The molecule has 0 aliphatic carbocycles. The minimum atomic E-state index is -1.06. The summed E-state index contributed by atoms with van der Waals surface area (Å²) in [5.41, 5.74) is 3.33. The van der Waals surface area contributed by atoms with Gasteiger partial charge in [-0.3, -0.25) is 4.79 Å². The maximum absolute atomic E-state index is 11.0. The monoisotopic (exact) mass is 257 g/mol. The molecule has 0 amide bonds. The Morgan fingerprint density at radius 3 is 2.53 bits per heavy atom. The first-order valence-electron chi connectivity index (χ1n) is 5.52. The van der Waals surface area contributed by atoms with Gasteiger partial charge in [-0.1, -0.05) is 24.3 Å². The molecule has 0 saturated heterocycles. The van der Waals surface area contributed by atoms with Crippen LogP contribution in [0, 0.1) is 0 Å². The summed E-state index contributed by atoms with van der Waals surface area (Å²) in [7, 11) is 0. The Labute approximate surface area is 109 Å². The molecule has 0 unspecified atom stereocenters. The molecule has 0 spiro atoms. The van der Waals surface area contributed by atoms with E-state index in [9.17, 15) is 9.59 Å². The summed E-state index contributed by atoms with van der Waals surface area (Å²) in [4.78, 5) is 27.1. The molecule has 0 aromatic heterocycles. The average Bonchev–Trinajstić information content (AvgIpc) is 2.45. The number of nitrogens with one attached hydrogen (secondary N) is 1. The molecule has 0 fully saturated rings. The van der Waals surface area contributed by atoms with Crippen LogP contribution in [-0.4, -0.2) is 17.4 Å². The maximum atomic E-state index is 11.0. The molecule has 0 bridgehead atoms. The maximum Gasteiger partial charge on any atom is 0.337 e. The third kappa shape index (κ3) is 2.90. The van der Waals surface area contributed by atoms with Crippen molar-refractivity contribution in [3.05, 3.63) is 59.7 Å². The van der Waals surface area contributed by atoms with Crippen molar-refractivity contribution in [2.45, 2.75) is 0 Å². The van der Waals surface area contributed by atoms with Gasteiger partial charge in [0, 0.05) is 0 Å². The van der Waals surface area contributed by atoms with Crippen molar-refractivity contribution >= 4 is 17.9 Å². The molecular weight excluding hydrogens is 246 g/mol. The van der Waals surface area contributed by atoms with E-state index in [-0.39, 0.29) is 5.56 Å². The molecule has 2 aromatic carbocycles. The van der Waals surface area contributed by atoms with Gasteiger partial charge in [0.05, 0.1) is 16.8 Å². The normalized spacial score (nSPS) is 9.68. The van der Waals surface area contributed by atoms with Crippen molar-refractivity contribution < 1.29 is 19.5 Å².